The van der Waals surface area contributed by atoms with Gasteiger partial charge in [-0.1, -0.05) is 59.7 Å². The van der Waals surface area contributed by atoms with Gasteiger partial charge in [0, 0.05) is 29.3 Å². The number of pyridine rings is 1. The minimum Gasteiger partial charge on any atom is -0.404 e. The summed E-state index contributed by atoms with van der Waals surface area (Å²) in [6.45, 7) is 15.7. The van der Waals surface area contributed by atoms with E-state index >= 15 is 0 Å². The summed E-state index contributed by atoms with van der Waals surface area (Å²) in [5.41, 5.74) is 1.71. The predicted molar refractivity (Wildman–Crippen MR) is 171 cm³/mol. The van der Waals surface area contributed by atoms with Gasteiger partial charge >= 0.3 is 7.12 Å². The van der Waals surface area contributed by atoms with E-state index in [9.17, 15) is 9.59 Å². The molecule has 2 aromatic heterocycles. The third-order valence-electron chi connectivity index (χ3n) is 10.8. The number of aromatic nitrogens is 2. The smallest absolute Gasteiger partial charge is 0.404 e. The summed E-state index contributed by atoms with van der Waals surface area (Å²) in [6.07, 6.45) is 5.62. The molecule has 3 aliphatic carbocycles. The van der Waals surface area contributed by atoms with Crippen LogP contribution in [0.25, 0.3) is 21.9 Å². The summed E-state index contributed by atoms with van der Waals surface area (Å²) in [5.74, 6) is 1.03. The Bertz CT molecular complexity index is 1460. The molecule has 1 amide bonds. The van der Waals surface area contributed by atoms with Crippen molar-refractivity contribution >= 4 is 40.7 Å². The number of fused-ring (bicyclic) bond motifs is 3. The minimum absolute atomic E-state index is 0.0309. The summed E-state index contributed by atoms with van der Waals surface area (Å²) in [5, 5.41) is 5.45. The maximum atomic E-state index is 14.0. The van der Waals surface area contributed by atoms with Crippen LogP contribution in [-0.4, -0.2) is 46.0 Å². The average molecular weight is 586 g/mol. The van der Waals surface area contributed by atoms with E-state index in [2.05, 4.69) is 64.8 Å². The van der Waals surface area contributed by atoms with E-state index in [4.69, 9.17) is 9.31 Å². The highest BCUT2D eigenvalue weighted by Gasteiger charge is 2.68. The quantitative estimate of drug-likeness (QED) is 0.256. The van der Waals surface area contributed by atoms with Crippen LogP contribution < -0.4 is 5.32 Å². The largest absolute Gasteiger partial charge is 0.481 e. The Morgan fingerprint density at radius 2 is 1.74 bits per heavy atom. The first-order chi connectivity index (χ1) is 20.4. The van der Waals surface area contributed by atoms with E-state index in [-0.39, 0.29) is 53.6 Å². The van der Waals surface area contributed by atoms with Crippen LogP contribution in [0.2, 0.25) is 0 Å². The van der Waals surface area contributed by atoms with Crippen molar-refractivity contribution in [1.82, 2.24) is 14.9 Å². The number of para-hydroxylation sites is 1. The number of hydrogen-bond acceptors (Lipinski definition) is 5. The number of hydrogen-bond donors (Lipinski definition) is 1. The van der Waals surface area contributed by atoms with E-state index in [1.807, 2.05) is 34.9 Å². The molecule has 1 aromatic carbocycles. The van der Waals surface area contributed by atoms with Gasteiger partial charge < -0.3 is 19.2 Å². The average Bonchev–Trinajstić information content (AvgIpc) is 3.47. The predicted octanol–water partition coefficient (Wildman–Crippen LogP) is 6.61. The first-order valence-corrected chi connectivity index (χ1v) is 16.4. The Balaban J connectivity index is 1.18. The monoisotopic (exact) mass is 585 g/mol. The molecule has 0 radical (unpaired) electrons. The molecule has 7 nitrogen and oxygen atoms in total. The lowest BCUT2D eigenvalue weighted by atomic mass is 9.43. The third-order valence-corrected chi connectivity index (χ3v) is 10.8. The zero-order valence-electron chi connectivity index (χ0n) is 26.9. The van der Waals surface area contributed by atoms with Crippen LogP contribution in [0.5, 0.6) is 0 Å². The number of nitrogens with one attached hydrogen (secondary N) is 1. The molecule has 6 atom stereocenters. The summed E-state index contributed by atoms with van der Waals surface area (Å²) in [7, 11) is -0.476. The van der Waals surface area contributed by atoms with Crippen molar-refractivity contribution in [1.29, 1.82) is 0 Å². The molecular formula is C35H48BN3O4. The van der Waals surface area contributed by atoms with Crippen LogP contribution in [0.4, 0.5) is 0 Å². The Kier molecular flexibility index (Phi) is 8.00. The highest BCUT2D eigenvalue weighted by Crippen LogP contribution is 2.65. The fraction of sp³-hybridized carbons (Fsp3) is 0.629. The van der Waals surface area contributed by atoms with Gasteiger partial charge in [-0.25, -0.2) is 4.98 Å². The Morgan fingerprint density at radius 3 is 2.47 bits per heavy atom. The number of carbonyl (C=O) groups is 2. The molecule has 230 valence electrons. The fourth-order valence-electron chi connectivity index (χ4n) is 8.52. The van der Waals surface area contributed by atoms with Crippen LogP contribution in [0.1, 0.15) is 80.6 Å². The van der Waals surface area contributed by atoms with Crippen LogP contribution in [0, 0.1) is 35.0 Å². The number of benzene rings is 1. The molecular weight excluding hydrogens is 537 g/mol. The van der Waals surface area contributed by atoms with Crippen molar-refractivity contribution in [2.75, 3.05) is 0 Å². The second-order valence-corrected chi connectivity index (χ2v) is 15.1. The zero-order chi connectivity index (χ0) is 30.7. The molecule has 4 fully saturated rings. The van der Waals surface area contributed by atoms with Crippen molar-refractivity contribution in [3.63, 3.8) is 0 Å². The van der Waals surface area contributed by atoms with Gasteiger partial charge in [-0.2, -0.15) is 0 Å². The minimum atomic E-state index is -0.476. The van der Waals surface area contributed by atoms with Gasteiger partial charge in [-0.05, 0) is 79.9 Å². The number of Topliss-reactive ketones (excluding diaryl/α,β-unsaturated/α-hetero) is 1. The molecule has 0 unspecified atom stereocenters. The van der Waals surface area contributed by atoms with Gasteiger partial charge in [0.15, 0.2) is 5.78 Å². The van der Waals surface area contributed by atoms with Gasteiger partial charge in [0.25, 0.3) is 0 Å². The van der Waals surface area contributed by atoms with Crippen molar-refractivity contribution in [3.8, 4) is 0 Å². The van der Waals surface area contributed by atoms with E-state index in [1.54, 1.807) is 6.20 Å². The van der Waals surface area contributed by atoms with Crippen molar-refractivity contribution < 1.29 is 18.9 Å². The van der Waals surface area contributed by atoms with Crippen LogP contribution in [-0.2, 0) is 25.4 Å². The molecule has 43 heavy (non-hydrogen) atoms. The van der Waals surface area contributed by atoms with Crippen molar-refractivity contribution in [2.24, 2.45) is 35.0 Å². The maximum absolute atomic E-state index is 14.0. The summed E-state index contributed by atoms with van der Waals surface area (Å²) in [6, 6.07) is 12.1. The molecule has 1 saturated heterocycles. The van der Waals surface area contributed by atoms with Crippen LogP contribution in [0.15, 0.2) is 42.6 Å². The summed E-state index contributed by atoms with van der Waals surface area (Å²) < 4.78 is 15.4. The molecule has 8 heteroatoms. The lowest BCUT2D eigenvalue weighted by Crippen LogP contribution is -2.65. The van der Waals surface area contributed by atoms with Crippen LogP contribution >= 0.6 is 0 Å². The second kappa shape index (κ2) is 11.3. The van der Waals surface area contributed by atoms with Crippen LogP contribution in [0.3, 0.4) is 0 Å². The molecule has 7 rings (SSSR count). The standard InChI is InChI=1S/C35H48BN3O4/c1-21(2)15-23(17-25(40)20-39-28-13-9-8-11-26(28)27-12-10-14-37-32(27)39)33(41)38-31(16-22(3)4)36-42-30-19-24-18-29(34(24,5)6)35(30,7)43-36/h8-14,21-24,29-31H,15-20H2,1-7H3,(H,38,41)/t23-,24+,29+,30-,31+,35+/m1/s1. The third kappa shape index (κ3) is 5.43. The van der Waals surface area contributed by atoms with Gasteiger partial charge in [-0.3, -0.25) is 9.59 Å². The molecule has 3 aromatic rings. The highest BCUT2D eigenvalue weighted by atomic mass is 16.7. The molecule has 3 heterocycles. The number of rotatable bonds is 11. The molecule has 1 aliphatic heterocycles. The van der Waals surface area contributed by atoms with Gasteiger partial charge in [0.1, 0.15) is 5.65 Å². The zero-order valence-corrected chi connectivity index (χ0v) is 26.9. The normalized spacial score (nSPS) is 27.4. The Morgan fingerprint density at radius 1 is 1.02 bits per heavy atom. The maximum Gasteiger partial charge on any atom is 0.481 e. The number of carbonyl (C=O) groups excluding carboxylic acids is 2. The number of nitrogens with zero attached hydrogens (tertiary/aromatic N) is 2. The van der Waals surface area contributed by atoms with Crippen molar-refractivity contribution in [2.45, 2.75) is 105 Å². The summed E-state index contributed by atoms with van der Waals surface area (Å²) in [4.78, 5) is 32.2. The first kappa shape index (κ1) is 30.3. The van der Waals surface area contributed by atoms with E-state index in [0.717, 1.165) is 34.8 Å². The van der Waals surface area contributed by atoms with Gasteiger partial charge in [-0.15, -0.1) is 0 Å². The molecule has 4 aliphatic rings. The van der Waals surface area contributed by atoms with Gasteiger partial charge in [0.2, 0.25) is 5.91 Å². The van der Waals surface area contributed by atoms with Gasteiger partial charge in [0.05, 0.1) is 29.7 Å². The highest BCUT2D eigenvalue weighted by molar-refractivity contribution is 6.47. The number of ketones is 1. The first-order valence-electron chi connectivity index (χ1n) is 16.4. The Labute approximate surface area is 256 Å². The molecule has 3 saturated carbocycles. The van der Waals surface area contributed by atoms with Crippen molar-refractivity contribution in [3.05, 3.63) is 42.6 Å². The van der Waals surface area contributed by atoms with E-state index in [1.165, 1.54) is 6.42 Å². The Hall–Kier alpha value is -2.71. The number of amides is 1. The summed E-state index contributed by atoms with van der Waals surface area (Å²) >= 11 is 0. The lowest BCUT2D eigenvalue weighted by Gasteiger charge is -2.64. The molecule has 2 bridgehead atoms. The molecule has 1 N–H and O–H groups in total. The van der Waals surface area contributed by atoms with E-state index < -0.39 is 13.0 Å². The molecule has 0 spiro atoms. The van der Waals surface area contributed by atoms with E-state index in [0.29, 0.717) is 24.2 Å². The topological polar surface area (TPSA) is 82.5 Å². The lowest BCUT2D eigenvalue weighted by molar-refractivity contribution is -0.199. The second-order valence-electron chi connectivity index (χ2n) is 15.1. The fourth-order valence-corrected chi connectivity index (χ4v) is 8.52. The SMILES string of the molecule is CC(C)C[C@H](CC(=O)Cn1c2ccccc2c2cccnc21)C(=O)N[C@@H](CC(C)C)B1O[C@@H]2C[C@@H]3C[C@@H](C3(C)C)[C@]2(C)O1.